The molecule has 0 aromatic heterocycles. The lowest BCUT2D eigenvalue weighted by atomic mass is 10.0. The van der Waals surface area contributed by atoms with E-state index in [0.29, 0.717) is 5.92 Å². The molecule has 2 rings (SSSR count). The Labute approximate surface area is 64.6 Å². The summed E-state index contributed by atoms with van der Waals surface area (Å²) in [6, 6.07) is 0. The van der Waals surface area contributed by atoms with Crippen molar-refractivity contribution in [3.05, 3.63) is 0 Å². The van der Waals surface area contributed by atoms with E-state index in [4.69, 9.17) is 0 Å². The zero-order valence-electron chi connectivity index (χ0n) is 6.26. The van der Waals surface area contributed by atoms with Gasteiger partial charge in [-0.25, -0.2) is 14.1 Å². The van der Waals surface area contributed by atoms with Crippen LogP contribution in [-0.4, -0.2) is 43.5 Å². The lowest BCUT2D eigenvalue weighted by Crippen LogP contribution is -2.59. The lowest BCUT2D eigenvalue weighted by molar-refractivity contribution is -0.135. The van der Waals surface area contributed by atoms with Crippen molar-refractivity contribution in [1.29, 1.82) is 0 Å². The van der Waals surface area contributed by atoms with Crippen LogP contribution in [0.25, 0.3) is 0 Å². The fourth-order valence-corrected chi connectivity index (χ4v) is 1.53. The topological polar surface area (TPSA) is 17.3 Å². The van der Waals surface area contributed by atoms with Crippen molar-refractivity contribution in [2.24, 2.45) is 5.92 Å². The first-order valence-electron chi connectivity index (χ1n) is 3.89. The molecule has 0 aromatic rings. The fourth-order valence-electron chi connectivity index (χ4n) is 1.53. The fraction of sp³-hybridized carbons (Fsp3) is 1.00. The molecule has 0 atom stereocenters. The molecule has 2 nitrogen and oxygen atoms in total. The molecule has 1 radical (unpaired) electrons. The van der Waals surface area contributed by atoms with Crippen molar-refractivity contribution >= 4 is 0 Å². The molecule has 2 saturated heterocycles. The van der Waals surface area contributed by atoms with Gasteiger partial charge in [0.05, 0.1) is 13.1 Å². The minimum absolute atomic E-state index is 0.0382. The summed E-state index contributed by atoms with van der Waals surface area (Å²) in [5, 5.41) is 4.03. The maximum atomic E-state index is 12.3. The number of halogens is 2. The number of likely N-dealkylation sites (tertiary alicyclic amines) is 1. The molecule has 0 aromatic carbocycles. The van der Waals surface area contributed by atoms with Crippen LogP contribution in [0.1, 0.15) is 0 Å². The number of hydrogen-bond donors (Lipinski definition) is 0. The van der Waals surface area contributed by atoms with E-state index < -0.39 is 5.92 Å². The summed E-state index contributed by atoms with van der Waals surface area (Å²) in [4.78, 5) is 1.80. The average molecular weight is 161 g/mol. The molecule has 2 fully saturated rings. The Hall–Kier alpha value is -0.220. The minimum Gasteiger partial charge on any atom is -0.291 e. The summed E-state index contributed by atoms with van der Waals surface area (Å²) >= 11 is 0. The van der Waals surface area contributed by atoms with Crippen LogP contribution in [0.3, 0.4) is 0 Å². The summed E-state index contributed by atoms with van der Waals surface area (Å²) in [7, 11) is 0. The standard InChI is InChI=1S/C7H11F2N2/c8-7(9)4-11(5-7)3-6-1-10-2-6/h6H,1-5H2. The second kappa shape index (κ2) is 2.38. The number of hydrogen-bond acceptors (Lipinski definition) is 1. The van der Waals surface area contributed by atoms with Crippen LogP contribution in [-0.2, 0) is 0 Å². The van der Waals surface area contributed by atoms with Crippen LogP contribution >= 0.6 is 0 Å². The summed E-state index contributed by atoms with van der Waals surface area (Å²) < 4.78 is 24.6. The molecular formula is C7H11F2N2. The largest absolute Gasteiger partial charge is 0.291 e. The molecule has 0 spiro atoms. The normalized spacial score (nSPS) is 31.1. The molecule has 0 saturated carbocycles. The van der Waals surface area contributed by atoms with Crippen molar-refractivity contribution in [2.75, 3.05) is 32.7 Å². The van der Waals surface area contributed by atoms with E-state index in [-0.39, 0.29) is 13.1 Å². The second-order valence-corrected chi connectivity index (χ2v) is 3.48. The van der Waals surface area contributed by atoms with Crippen LogP contribution in [0.4, 0.5) is 8.78 Å². The third-order valence-electron chi connectivity index (χ3n) is 2.20. The van der Waals surface area contributed by atoms with E-state index >= 15 is 0 Å². The first-order valence-corrected chi connectivity index (χ1v) is 3.89. The first kappa shape index (κ1) is 7.43. The molecule has 0 aliphatic carbocycles. The molecule has 0 bridgehead atoms. The highest BCUT2D eigenvalue weighted by atomic mass is 19.3. The number of alkyl halides is 2. The van der Waals surface area contributed by atoms with Gasteiger partial charge in [-0.1, -0.05) is 0 Å². The van der Waals surface area contributed by atoms with Crippen LogP contribution in [0.5, 0.6) is 0 Å². The van der Waals surface area contributed by atoms with E-state index in [0.717, 1.165) is 19.6 Å². The van der Waals surface area contributed by atoms with Gasteiger partial charge >= 0.3 is 0 Å². The Morgan fingerprint density at radius 2 is 2.00 bits per heavy atom. The van der Waals surface area contributed by atoms with Gasteiger partial charge in [0.25, 0.3) is 5.92 Å². The number of rotatable bonds is 2. The van der Waals surface area contributed by atoms with Gasteiger partial charge in [0.2, 0.25) is 0 Å². The molecule has 0 N–H and O–H groups in total. The molecule has 0 amide bonds. The highest BCUT2D eigenvalue weighted by Crippen LogP contribution is 2.27. The zero-order valence-corrected chi connectivity index (χ0v) is 6.26. The lowest BCUT2D eigenvalue weighted by Gasteiger charge is -2.42. The van der Waals surface area contributed by atoms with Crippen LogP contribution in [0, 0.1) is 5.92 Å². The third-order valence-corrected chi connectivity index (χ3v) is 2.20. The van der Waals surface area contributed by atoms with Crippen molar-refractivity contribution in [1.82, 2.24) is 10.2 Å². The molecule has 11 heavy (non-hydrogen) atoms. The van der Waals surface area contributed by atoms with Gasteiger partial charge in [-0.2, -0.15) is 0 Å². The maximum absolute atomic E-state index is 12.3. The molecule has 0 unspecified atom stereocenters. The smallest absolute Gasteiger partial charge is 0.272 e. The van der Waals surface area contributed by atoms with Gasteiger partial charge in [-0.05, 0) is 5.92 Å². The predicted octanol–water partition coefficient (Wildman–Crippen LogP) is 0.171. The van der Waals surface area contributed by atoms with Gasteiger partial charge in [-0.15, -0.1) is 0 Å². The van der Waals surface area contributed by atoms with E-state index in [9.17, 15) is 8.78 Å². The molecule has 63 valence electrons. The van der Waals surface area contributed by atoms with E-state index in [1.54, 1.807) is 4.90 Å². The zero-order chi connectivity index (χ0) is 7.90. The van der Waals surface area contributed by atoms with Gasteiger partial charge in [-0.3, -0.25) is 4.90 Å². The molecule has 2 heterocycles. The molecule has 2 aliphatic heterocycles. The Morgan fingerprint density at radius 1 is 1.36 bits per heavy atom. The maximum Gasteiger partial charge on any atom is 0.272 e. The quantitative estimate of drug-likeness (QED) is 0.564. The van der Waals surface area contributed by atoms with Crippen molar-refractivity contribution < 1.29 is 8.78 Å². The average Bonchev–Trinajstić information content (AvgIpc) is 1.73. The molecular weight excluding hydrogens is 150 g/mol. The highest BCUT2D eigenvalue weighted by Gasteiger charge is 2.44. The van der Waals surface area contributed by atoms with Crippen LogP contribution in [0.15, 0.2) is 0 Å². The summed E-state index contributed by atoms with van der Waals surface area (Å²) in [6.07, 6.45) is 0. The van der Waals surface area contributed by atoms with Gasteiger partial charge in [0.15, 0.2) is 0 Å². The van der Waals surface area contributed by atoms with Crippen molar-refractivity contribution in [2.45, 2.75) is 5.92 Å². The highest BCUT2D eigenvalue weighted by molar-refractivity contribution is 4.90. The summed E-state index contributed by atoms with van der Waals surface area (Å²) in [5.41, 5.74) is 0. The van der Waals surface area contributed by atoms with Gasteiger partial charge in [0.1, 0.15) is 0 Å². The number of nitrogens with zero attached hydrogens (tertiary/aromatic N) is 2. The van der Waals surface area contributed by atoms with Crippen molar-refractivity contribution in [3.8, 4) is 0 Å². The monoisotopic (exact) mass is 161 g/mol. The third kappa shape index (κ3) is 1.51. The predicted molar refractivity (Wildman–Crippen MR) is 36.7 cm³/mol. The SMILES string of the molecule is FC1(F)CN(CC2C[N]C2)C1. The van der Waals surface area contributed by atoms with E-state index in [1.165, 1.54) is 0 Å². The van der Waals surface area contributed by atoms with Gasteiger partial charge < -0.3 is 0 Å². The van der Waals surface area contributed by atoms with E-state index in [1.807, 2.05) is 0 Å². The van der Waals surface area contributed by atoms with Crippen LogP contribution < -0.4 is 5.32 Å². The molecule has 2 aliphatic rings. The van der Waals surface area contributed by atoms with E-state index in [2.05, 4.69) is 5.32 Å². The minimum atomic E-state index is -2.40. The Morgan fingerprint density at radius 3 is 2.36 bits per heavy atom. The molecule has 4 heteroatoms. The van der Waals surface area contributed by atoms with Gasteiger partial charge in [0, 0.05) is 19.6 Å². The first-order chi connectivity index (χ1) is 5.16. The van der Waals surface area contributed by atoms with Crippen molar-refractivity contribution in [3.63, 3.8) is 0 Å². The Kier molecular flexibility index (Phi) is 1.61. The summed E-state index contributed by atoms with van der Waals surface area (Å²) in [6.45, 7) is 2.50. The second-order valence-electron chi connectivity index (χ2n) is 3.48. The Balaban J connectivity index is 1.67. The van der Waals surface area contributed by atoms with Crippen LogP contribution in [0.2, 0.25) is 0 Å². The summed E-state index contributed by atoms with van der Waals surface area (Å²) in [5.74, 6) is -1.84. The Bertz CT molecular complexity index is 149.